The van der Waals surface area contributed by atoms with Gasteiger partial charge in [0.2, 0.25) is 5.91 Å². The minimum absolute atomic E-state index is 0.00709. The van der Waals surface area contributed by atoms with E-state index in [1.807, 2.05) is 19.4 Å². The minimum atomic E-state index is 0.00709. The summed E-state index contributed by atoms with van der Waals surface area (Å²) in [7, 11) is 1.99. The van der Waals surface area contributed by atoms with Gasteiger partial charge in [0.05, 0.1) is 12.2 Å². The van der Waals surface area contributed by atoms with Crippen molar-refractivity contribution in [3.05, 3.63) is 11.1 Å². The van der Waals surface area contributed by atoms with Crippen LogP contribution in [0.3, 0.4) is 0 Å². The summed E-state index contributed by atoms with van der Waals surface area (Å²) < 4.78 is 0. The molecular formula is C13H22N4OS. The topological polar surface area (TPSA) is 57.3 Å². The summed E-state index contributed by atoms with van der Waals surface area (Å²) >= 11 is 1.47. The van der Waals surface area contributed by atoms with Crippen molar-refractivity contribution >= 4 is 22.4 Å². The number of piperidine rings is 1. The fourth-order valence-electron chi connectivity index (χ4n) is 2.34. The smallest absolute Gasteiger partial charge is 0.240 e. The second kappa shape index (κ2) is 6.98. The van der Waals surface area contributed by atoms with E-state index in [0.29, 0.717) is 17.7 Å². The molecule has 0 aliphatic carbocycles. The quantitative estimate of drug-likeness (QED) is 0.858. The van der Waals surface area contributed by atoms with Crippen LogP contribution in [0.1, 0.15) is 25.0 Å². The summed E-state index contributed by atoms with van der Waals surface area (Å²) in [6, 6.07) is 0.522. The summed E-state index contributed by atoms with van der Waals surface area (Å²) in [5, 5.41) is 8.95. The zero-order valence-electron chi connectivity index (χ0n) is 11.6. The Morgan fingerprint density at radius 2 is 2.47 bits per heavy atom. The average molecular weight is 282 g/mol. The first kappa shape index (κ1) is 14.4. The number of thiazole rings is 1. The molecule has 1 amide bonds. The lowest BCUT2D eigenvalue weighted by Gasteiger charge is -2.27. The van der Waals surface area contributed by atoms with Crippen LogP contribution in [0, 0.1) is 6.92 Å². The van der Waals surface area contributed by atoms with Gasteiger partial charge in [-0.1, -0.05) is 6.42 Å². The van der Waals surface area contributed by atoms with Crippen molar-refractivity contribution in [3.63, 3.8) is 0 Å². The van der Waals surface area contributed by atoms with E-state index in [1.165, 1.54) is 30.6 Å². The standard InChI is InChI=1S/C13H22N4OS/c1-10-9-19-13(15-10)16-12(18)8-17(2)7-11-5-3-4-6-14-11/h9,11,14H,3-8H2,1-2H3,(H,15,16,18). The molecule has 1 aliphatic heterocycles. The molecule has 1 saturated heterocycles. The Morgan fingerprint density at radius 1 is 1.63 bits per heavy atom. The van der Waals surface area contributed by atoms with Crippen LogP contribution in [-0.4, -0.2) is 48.5 Å². The van der Waals surface area contributed by atoms with Crippen molar-refractivity contribution in [2.45, 2.75) is 32.2 Å². The van der Waals surface area contributed by atoms with Gasteiger partial charge in [0.1, 0.15) is 0 Å². The molecule has 1 unspecified atom stereocenters. The number of carbonyl (C=O) groups is 1. The van der Waals surface area contributed by atoms with E-state index in [0.717, 1.165) is 18.8 Å². The predicted octanol–water partition coefficient (Wildman–Crippen LogP) is 1.46. The Bertz CT molecular complexity index is 415. The number of anilines is 1. The van der Waals surface area contributed by atoms with Crippen molar-refractivity contribution in [2.75, 3.05) is 32.0 Å². The van der Waals surface area contributed by atoms with Crippen molar-refractivity contribution in [1.29, 1.82) is 0 Å². The SMILES string of the molecule is Cc1csc(NC(=O)CN(C)CC2CCCCN2)n1. The van der Waals surface area contributed by atoms with E-state index < -0.39 is 0 Å². The van der Waals surface area contributed by atoms with Crippen molar-refractivity contribution in [2.24, 2.45) is 0 Å². The Hall–Kier alpha value is -0.980. The molecule has 2 N–H and O–H groups in total. The second-order valence-electron chi connectivity index (χ2n) is 5.19. The van der Waals surface area contributed by atoms with Gasteiger partial charge in [0.25, 0.3) is 0 Å². The molecule has 6 heteroatoms. The molecule has 1 aromatic heterocycles. The van der Waals surface area contributed by atoms with E-state index >= 15 is 0 Å². The van der Waals surface area contributed by atoms with Crippen LogP contribution in [0.15, 0.2) is 5.38 Å². The molecule has 1 fully saturated rings. The third-order valence-electron chi connectivity index (χ3n) is 3.22. The second-order valence-corrected chi connectivity index (χ2v) is 6.04. The predicted molar refractivity (Wildman–Crippen MR) is 78.6 cm³/mol. The fraction of sp³-hybridized carbons (Fsp3) is 0.692. The lowest BCUT2D eigenvalue weighted by atomic mass is 10.0. The van der Waals surface area contributed by atoms with Gasteiger partial charge in [-0.25, -0.2) is 4.98 Å². The molecule has 0 bridgehead atoms. The molecule has 1 aromatic rings. The van der Waals surface area contributed by atoms with Gasteiger partial charge in [-0.2, -0.15) is 0 Å². The molecular weight excluding hydrogens is 260 g/mol. The Kier molecular flexibility index (Phi) is 5.30. The maximum atomic E-state index is 11.9. The highest BCUT2D eigenvalue weighted by atomic mass is 32.1. The molecule has 5 nitrogen and oxygen atoms in total. The van der Waals surface area contributed by atoms with Crippen LogP contribution in [0.2, 0.25) is 0 Å². The monoisotopic (exact) mass is 282 g/mol. The Labute approximate surface area is 118 Å². The zero-order chi connectivity index (χ0) is 13.7. The van der Waals surface area contributed by atoms with Crippen molar-refractivity contribution in [1.82, 2.24) is 15.2 Å². The molecule has 19 heavy (non-hydrogen) atoms. The number of rotatable bonds is 5. The normalized spacial score (nSPS) is 19.6. The first-order valence-electron chi connectivity index (χ1n) is 6.77. The van der Waals surface area contributed by atoms with Gasteiger partial charge in [0, 0.05) is 18.0 Å². The zero-order valence-corrected chi connectivity index (χ0v) is 12.4. The van der Waals surface area contributed by atoms with E-state index in [4.69, 9.17) is 0 Å². The van der Waals surface area contributed by atoms with Gasteiger partial charge in [-0.05, 0) is 33.4 Å². The average Bonchev–Trinajstić information content (AvgIpc) is 2.75. The fourth-order valence-corrected chi connectivity index (χ4v) is 3.04. The van der Waals surface area contributed by atoms with Crippen LogP contribution in [-0.2, 0) is 4.79 Å². The number of likely N-dealkylation sites (N-methyl/N-ethyl adjacent to an activating group) is 1. The van der Waals surface area contributed by atoms with Crippen LogP contribution < -0.4 is 10.6 Å². The maximum absolute atomic E-state index is 11.9. The minimum Gasteiger partial charge on any atom is -0.313 e. The summed E-state index contributed by atoms with van der Waals surface area (Å²) in [6.07, 6.45) is 3.76. The molecule has 0 saturated carbocycles. The summed E-state index contributed by atoms with van der Waals surface area (Å²) in [6.45, 7) is 4.36. The van der Waals surface area contributed by atoms with Crippen LogP contribution in [0.5, 0.6) is 0 Å². The molecule has 2 heterocycles. The number of nitrogens with zero attached hydrogens (tertiary/aromatic N) is 2. The van der Waals surface area contributed by atoms with Crippen molar-refractivity contribution < 1.29 is 4.79 Å². The first-order valence-corrected chi connectivity index (χ1v) is 7.65. The van der Waals surface area contributed by atoms with Gasteiger partial charge in [0.15, 0.2) is 5.13 Å². The van der Waals surface area contributed by atoms with Crippen LogP contribution >= 0.6 is 11.3 Å². The number of nitrogens with one attached hydrogen (secondary N) is 2. The first-order chi connectivity index (χ1) is 9.13. The van der Waals surface area contributed by atoms with E-state index in [2.05, 4.69) is 20.5 Å². The number of hydrogen-bond acceptors (Lipinski definition) is 5. The highest BCUT2D eigenvalue weighted by Gasteiger charge is 2.16. The van der Waals surface area contributed by atoms with Gasteiger partial charge >= 0.3 is 0 Å². The largest absolute Gasteiger partial charge is 0.313 e. The highest BCUT2D eigenvalue weighted by molar-refractivity contribution is 7.13. The van der Waals surface area contributed by atoms with Gasteiger partial charge in [-0.15, -0.1) is 11.3 Å². The molecule has 1 aliphatic rings. The molecule has 0 radical (unpaired) electrons. The summed E-state index contributed by atoms with van der Waals surface area (Å²) in [5.74, 6) is 0.00709. The lowest BCUT2D eigenvalue weighted by Crippen LogP contribution is -2.44. The van der Waals surface area contributed by atoms with Crippen LogP contribution in [0.25, 0.3) is 0 Å². The number of hydrogen-bond donors (Lipinski definition) is 2. The van der Waals surface area contributed by atoms with Crippen molar-refractivity contribution in [3.8, 4) is 0 Å². The summed E-state index contributed by atoms with van der Waals surface area (Å²) in [5.41, 5.74) is 0.945. The number of aromatic nitrogens is 1. The number of carbonyl (C=O) groups excluding carboxylic acids is 1. The highest BCUT2D eigenvalue weighted by Crippen LogP contribution is 2.14. The molecule has 1 atom stereocenters. The van der Waals surface area contributed by atoms with Gasteiger partial charge in [-0.3, -0.25) is 9.69 Å². The molecule has 0 spiro atoms. The van der Waals surface area contributed by atoms with E-state index in [9.17, 15) is 4.79 Å². The van der Waals surface area contributed by atoms with E-state index in [-0.39, 0.29) is 5.91 Å². The molecule has 106 valence electrons. The lowest BCUT2D eigenvalue weighted by molar-refractivity contribution is -0.117. The van der Waals surface area contributed by atoms with E-state index in [1.54, 1.807) is 0 Å². The molecule has 0 aromatic carbocycles. The Morgan fingerprint density at radius 3 is 3.11 bits per heavy atom. The third kappa shape index (κ3) is 4.89. The molecule has 2 rings (SSSR count). The number of amides is 1. The Balaban J connectivity index is 1.71. The third-order valence-corrected chi connectivity index (χ3v) is 4.10. The van der Waals surface area contributed by atoms with Crippen LogP contribution in [0.4, 0.5) is 5.13 Å². The number of aryl methyl sites for hydroxylation is 1. The summed E-state index contributed by atoms with van der Waals surface area (Å²) in [4.78, 5) is 18.2. The maximum Gasteiger partial charge on any atom is 0.240 e. The van der Waals surface area contributed by atoms with Gasteiger partial charge < -0.3 is 10.6 Å².